The van der Waals surface area contributed by atoms with Gasteiger partial charge in [0, 0.05) is 12.2 Å². The number of benzene rings is 1. The number of hydrogen-bond donors (Lipinski definition) is 1. The van der Waals surface area contributed by atoms with E-state index in [1.807, 2.05) is 20.8 Å². The lowest BCUT2D eigenvalue weighted by atomic mass is 10.2. The van der Waals surface area contributed by atoms with E-state index in [2.05, 4.69) is 0 Å². The van der Waals surface area contributed by atoms with Gasteiger partial charge in [-0.2, -0.15) is 0 Å². The number of esters is 1. The normalized spacial score (nSPS) is 17.9. The number of hydrogen-bond acceptors (Lipinski definition) is 5. The van der Waals surface area contributed by atoms with Gasteiger partial charge in [-0.05, 0) is 51.8 Å². The summed E-state index contributed by atoms with van der Waals surface area (Å²) in [4.78, 5) is 25.9. The Morgan fingerprint density at radius 2 is 2.09 bits per heavy atom. The molecule has 0 aromatic heterocycles. The van der Waals surface area contributed by atoms with Crippen molar-refractivity contribution in [1.82, 2.24) is 4.90 Å². The van der Waals surface area contributed by atoms with Crippen molar-refractivity contribution in [3.8, 4) is 0 Å². The molecule has 0 unspecified atom stereocenters. The molecule has 1 heterocycles. The highest BCUT2D eigenvalue weighted by molar-refractivity contribution is 5.90. The minimum atomic E-state index is -0.539. The molecule has 1 aromatic carbocycles. The van der Waals surface area contributed by atoms with Crippen LogP contribution >= 0.6 is 0 Å². The second-order valence-corrected chi connectivity index (χ2v) is 6.69. The predicted molar refractivity (Wildman–Crippen MR) is 87.1 cm³/mol. The van der Waals surface area contributed by atoms with Gasteiger partial charge in [-0.3, -0.25) is 0 Å². The second kappa shape index (κ2) is 6.89. The van der Waals surface area contributed by atoms with Gasteiger partial charge in [0.05, 0.1) is 11.6 Å². The minimum absolute atomic E-state index is 0.144. The third-order valence-corrected chi connectivity index (χ3v) is 3.53. The third-order valence-electron chi connectivity index (χ3n) is 3.53. The maximum absolute atomic E-state index is 12.2. The SMILES string of the molecule is CC(C)(C)OC(=O)N1CCC[C@H]1COC(=O)c1cccc(N)c1. The molecule has 0 bridgehead atoms. The number of nitrogen functional groups attached to an aromatic ring is 1. The lowest BCUT2D eigenvalue weighted by molar-refractivity contribution is 0.0106. The van der Waals surface area contributed by atoms with Crippen molar-refractivity contribution >= 4 is 17.7 Å². The molecule has 2 rings (SSSR count). The summed E-state index contributed by atoms with van der Waals surface area (Å²) in [7, 11) is 0. The molecule has 1 amide bonds. The van der Waals surface area contributed by atoms with E-state index in [9.17, 15) is 9.59 Å². The zero-order valence-corrected chi connectivity index (χ0v) is 13.9. The van der Waals surface area contributed by atoms with Crippen LogP contribution in [0.25, 0.3) is 0 Å². The number of ether oxygens (including phenoxy) is 2. The van der Waals surface area contributed by atoms with Gasteiger partial charge in [0.1, 0.15) is 12.2 Å². The van der Waals surface area contributed by atoms with Gasteiger partial charge < -0.3 is 20.1 Å². The molecule has 126 valence electrons. The second-order valence-electron chi connectivity index (χ2n) is 6.69. The molecule has 0 saturated carbocycles. The van der Waals surface area contributed by atoms with Gasteiger partial charge in [-0.25, -0.2) is 9.59 Å². The number of nitrogens with two attached hydrogens (primary N) is 1. The first-order chi connectivity index (χ1) is 10.8. The molecule has 0 spiro atoms. The fourth-order valence-corrected chi connectivity index (χ4v) is 2.49. The summed E-state index contributed by atoms with van der Waals surface area (Å²) in [6, 6.07) is 6.49. The summed E-state index contributed by atoms with van der Waals surface area (Å²) in [5.74, 6) is -0.437. The minimum Gasteiger partial charge on any atom is -0.460 e. The molecule has 0 aliphatic carbocycles. The van der Waals surface area contributed by atoms with Gasteiger partial charge in [0.25, 0.3) is 0 Å². The van der Waals surface area contributed by atoms with E-state index in [4.69, 9.17) is 15.2 Å². The first kappa shape index (κ1) is 17.1. The average molecular weight is 320 g/mol. The van der Waals surface area contributed by atoms with E-state index in [0.29, 0.717) is 17.8 Å². The molecule has 23 heavy (non-hydrogen) atoms. The molecule has 0 radical (unpaired) electrons. The summed E-state index contributed by atoms with van der Waals surface area (Å²) in [6.07, 6.45) is 1.31. The molecular weight excluding hydrogens is 296 g/mol. The molecule has 6 heteroatoms. The summed E-state index contributed by atoms with van der Waals surface area (Å²) in [6.45, 7) is 6.27. The Kier molecular flexibility index (Phi) is 5.13. The van der Waals surface area contributed by atoms with Crippen molar-refractivity contribution in [3.63, 3.8) is 0 Å². The van der Waals surface area contributed by atoms with Crippen LogP contribution in [-0.4, -0.2) is 41.8 Å². The summed E-state index contributed by atoms with van der Waals surface area (Å²) >= 11 is 0. The van der Waals surface area contributed by atoms with Crippen molar-refractivity contribution in [2.75, 3.05) is 18.9 Å². The maximum atomic E-state index is 12.2. The standard InChI is InChI=1S/C17H24N2O4/c1-17(2,3)23-16(21)19-9-5-8-14(19)11-22-15(20)12-6-4-7-13(18)10-12/h4,6-7,10,14H,5,8-9,11,18H2,1-3H3/t14-/m0/s1. The fraction of sp³-hybridized carbons (Fsp3) is 0.529. The van der Waals surface area contributed by atoms with Gasteiger partial charge in [-0.1, -0.05) is 6.07 Å². The summed E-state index contributed by atoms with van der Waals surface area (Å²) in [5, 5.41) is 0. The quantitative estimate of drug-likeness (QED) is 0.684. The summed E-state index contributed by atoms with van der Waals surface area (Å²) in [5.41, 5.74) is 6.04. The van der Waals surface area contributed by atoms with Crippen LogP contribution in [0.3, 0.4) is 0 Å². The van der Waals surface area contributed by atoms with Crippen LogP contribution in [0.4, 0.5) is 10.5 Å². The highest BCUT2D eigenvalue weighted by Crippen LogP contribution is 2.21. The number of amides is 1. The van der Waals surface area contributed by atoms with Crippen molar-refractivity contribution < 1.29 is 19.1 Å². The number of anilines is 1. The van der Waals surface area contributed by atoms with Gasteiger partial charge in [0.2, 0.25) is 0 Å². The van der Waals surface area contributed by atoms with Gasteiger partial charge in [-0.15, -0.1) is 0 Å². The molecule has 1 aliphatic rings. The number of likely N-dealkylation sites (tertiary alicyclic amines) is 1. The van der Waals surface area contributed by atoms with E-state index in [1.54, 1.807) is 29.2 Å². The van der Waals surface area contributed by atoms with Crippen molar-refractivity contribution in [2.24, 2.45) is 0 Å². The van der Waals surface area contributed by atoms with E-state index in [0.717, 1.165) is 12.8 Å². The Morgan fingerprint density at radius 1 is 1.35 bits per heavy atom. The largest absolute Gasteiger partial charge is 0.460 e. The van der Waals surface area contributed by atoms with Crippen LogP contribution in [0.2, 0.25) is 0 Å². The molecule has 1 fully saturated rings. The van der Waals surface area contributed by atoms with Gasteiger partial charge in [0.15, 0.2) is 0 Å². The monoisotopic (exact) mass is 320 g/mol. The number of carbonyl (C=O) groups is 2. The molecule has 1 atom stereocenters. The molecule has 1 aliphatic heterocycles. The Hall–Kier alpha value is -2.24. The topological polar surface area (TPSA) is 81.9 Å². The van der Waals surface area contributed by atoms with Crippen molar-refractivity contribution in [3.05, 3.63) is 29.8 Å². The number of carbonyl (C=O) groups excluding carboxylic acids is 2. The highest BCUT2D eigenvalue weighted by Gasteiger charge is 2.33. The molecule has 6 nitrogen and oxygen atoms in total. The lowest BCUT2D eigenvalue weighted by Crippen LogP contribution is -2.42. The van der Waals surface area contributed by atoms with Crippen LogP contribution in [0, 0.1) is 0 Å². The Balaban J connectivity index is 1.91. The van der Waals surface area contributed by atoms with Crippen LogP contribution in [-0.2, 0) is 9.47 Å². The van der Waals surface area contributed by atoms with E-state index < -0.39 is 11.6 Å². The molecule has 1 saturated heterocycles. The van der Waals surface area contributed by atoms with Crippen LogP contribution in [0.5, 0.6) is 0 Å². The van der Waals surface area contributed by atoms with Crippen LogP contribution < -0.4 is 5.73 Å². The molecule has 2 N–H and O–H groups in total. The first-order valence-corrected chi connectivity index (χ1v) is 7.78. The lowest BCUT2D eigenvalue weighted by Gasteiger charge is -2.28. The van der Waals surface area contributed by atoms with Gasteiger partial charge >= 0.3 is 12.1 Å². The van der Waals surface area contributed by atoms with E-state index in [-0.39, 0.29) is 18.7 Å². The van der Waals surface area contributed by atoms with Crippen LogP contribution in [0.15, 0.2) is 24.3 Å². The maximum Gasteiger partial charge on any atom is 0.410 e. The predicted octanol–water partition coefficient (Wildman–Crippen LogP) is 2.83. The third kappa shape index (κ3) is 4.87. The fourth-order valence-electron chi connectivity index (χ4n) is 2.49. The number of nitrogens with zero attached hydrogens (tertiary/aromatic N) is 1. The molecular formula is C17H24N2O4. The average Bonchev–Trinajstić information content (AvgIpc) is 2.91. The number of rotatable bonds is 3. The van der Waals surface area contributed by atoms with Crippen molar-refractivity contribution in [2.45, 2.75) is 45.3 Å². The summed E-state index contributed by atoms with van der Waals surface area (Å²) < 4.78 is 10.7. The van der Waals surface area contributed by atoms with Crippen LogP contribution in [0.1, 0.15) is 44.0 Å². The zero-order valence-electron chi connectivity index (χ0n) is 13.9. The van der Waals surface area contributed by atoms with E-state index in [1.165, 1.54) is 0 Å². The highest BCUT2D eigenvalue weighted by atomic mass is 16.6. The zero-order chi connectivity index (χ0) is 17.0. The molecule has 1 aromatic rings. The first-order valence-electron chi connectivity index (χ1n) is 7.78. The Bertz CT molecular complexity index is 580. The smallest absolute Gasteiger partial charge is 0.410 e. The van der Waals surface area contributed by atoms with E-state index >= 15 is 0 Å². The Labute approximate surface area is 136 Å². The Morgan fingerprint density at radius 3 is 2.74 bits per heavy atom. The van der Waals surface area contributed by atoms with Crippen molar-refractivity contribution in [1.29, 1.82) is 0 Å².